The Kier molecular flexibility index (Phi) is 9.99. The maximum atomic E-state index is 15.2. The summed E-state index contributed by atoms with van der Waals surface area (Å²) in [5, 5.41) is 5.22. The number of benzene rings is 3. The molecule has 0 radical (unpaired) electrons. The molecule has 1 atom stereocenters. The summed E-state index contributed by atoms with van der Waals surface area (Å²) in [5.74, 6) is -1.79. The molecule has 11 heteroatoms. The van der Waals surface area contributed by atoms with Gasteiger partial charge in [0.15, 0.2) is 11.6 Å². The molecule has 0 spiro atoms. The van der Waals surface area contributed by atoms with Gasteiger partial charge in [-0.25, -0.2) is 14.2 Å². The third-order valence-electron chi connectivity index (χ3n) is 9.11. The van der Waals surface area contributed by atoms with E-state index in [0.717, 1.165) is 11.1 Å². The van der Waals surface area contributed by atoms with E-state index in [1.54, 1.807) is 61.2 Å². The normalized spacial score (nSPS) is 15.7. The molecule has 2 aliphatic heterocycles. The van der Waals surface area contributed by atoms with Crippen LogP contribution in [0.25, 0.3) is 11.3 Å². The zero-order chi connectivity index (χ0) is 35.5. The number of morpholine rings is 1. The second-order valence-corrected chi connectivity index (χ2v) is 13.7. The van der Waals surface area contributed by atoms with Crippen LogP contribution in [0.1, 0.15) is 60.7 Å². The third kappa shape index (κ3) is 7.54. The van der Waals surface area contributed by atoms with Gasteiger partial charge in [0.05, 0.1) is 36.5 Å². The zero-order valence-electron chi connectivity index (χ0n) is 28.6. The summed E-state index contributed by atoms with van der Waals surface area (Å²) in [4.78, 5) is 46.2. The van der Waals surface area contributed by atoms with Crippen LogP contribution in [0.3, 0.4) is 0 Å². The molecule has 2 N–H and O–H groups in total. The second-order valence-electron chi connectivity index (χ2n) is 13.7. The topological polar surface area (TPSA) is 119 Å². The van der Waals surface area contributed by atoms with Gasteiger partial charge in [0.2, 0.25) is 11.8 Å². The number of hydrogen-bond acceptors (Lipinski definition) is 7. The van der Waals surface area contributed by atoms with Crippen LogP contribution in [0.4, 0.5) is 9.18 Å². The fourth-order valence-corrected chi connectivity index (χ4v) is 6.18. The Balaban J connectivity index is 1.19. The van der Waals surface area contributed by atoms with Crippen LogP contribution in [-0.4, -0.2) is 66.2 Å². The van der Waals surface area contributed by atoms with Gasteiger partial charge < -0.3 is 24.4 Å². The van der Waals surface area contributed by atoms with Gasteiger partial charge >= 0.3 is 6.03 Å². The maximum Gasteiger partial charge on any atom is 0.321 e. The Hall–Kier alpha value is -5.13. The molecule has 0 aliphatic carbocycles. The van der Waals surface area contributed by atoms with Gasteiger partial charge in [0, 0.05) is 47.8 Å². The first-order valence-electron chi connectivity index (χ1n) is 16.6. The number of nitrogens with zero attached hydrogens (tertiary/aromatic N) is 2. The number of amides is 4. The van der Waals surface area contributed by atoms with Crippen molar-refractivity contribution in [2.45, 2.75) is 45.8 Å². The average molecular weight is 681 g/mol. The van der Waals surface area contributed by atoms with Crippen molar-refractivity contribution >= 4 is 17.8 Å². The lowest BCUT2D eigenvalue weighted by molar-refractivity contribution is -0.129. The molecular formula is C39H41FN4O6. The summed E-state index contributed by atoms with van der Waals surface area (Å²) in [6.45, 7) is 9.77. The van der Waals surface area contributed by atoms with Crippen LogP contribution in [-0.2, 0) is 20.9 Å². The molecule has 4 amide bonds. The van der Waals surface area contributed by atoms with E-state index < -0.39 is 34.7 Å². The number of rotatable bonds is 9. The highest BCUT2D eigenvalue weighted by atomic mass is 19.1. The highest BCUT2D eigenvalue weighted by molar-refractivity contribution is 5.98. The molecule has 1 aromatic heterocycles. The first-order valence-corrected chi connectivity index (χ1v) is 16.6. The molecule has 2 aliphatic rings. The Morgan fingerprint density at radius 3 is 2.34 bits per heavy atom. The Morgan fingerprint density at radius 2 is 1.62 bits per heavy atom. The van der Waals surface area contributed by atoms with Crippen molar-refractivity contribution in [3.05, 3.63) is 113 Å². The number of nitrogens with one attached hydrogen (secondary N) is 2. The maximum absolute atomic E-state index is 15.2. The van der Waals surface area contributed by atoms with Crippen LogP contribution >= 0.6 is 0 Å². The van der Waals surface area contributed by atoms with Crippen LogP contribution < -0.4 is 15.4 Å². The molecule has 0 bridgehead atoms. The van der Waals surface area contributed by atoms with Crippen molar-refractivity contribution in [3.63, 3.8) is 0 Å². The minimum atomic E-state index is -1.25. The minimum Gasteiger partial charge on any atom is -0.435 e. The third-order valence-corrected chi connectivity index (χ3v) is 9.11. The molecule has 50 heavy (non-hydrogen) atoms. The summed E-state index contributed by atoms with van der Waals surface area (Å²) in [6.07, 6.45) is 0. The summed E-state index contributed by atoms with van der Waals surface area (Å²) in [5.41, 5.74) is 1.93. The predicted molar refractivity (Wildman–Crippen MR) is 185 cm³/mol. The van der Waals surface area contributed by atoms with Crippen molar-refractivity contribution in [1.29, 1.82) is 0 Å². The predicted octanol–water partition coefficient (Wildman–Crippen LogP) is 6.45. The fourth-order valence-electron chi connectivity index (χ4n) is 6.18. The van der Waals surface area contributed by atoms with Crippen molar-refractivity contribution in [1.82, 2.24) is 20.5 Å². The molecule has 1 saturated heterocycles. The van der Waals surface area contributed by atoms with Gasteiger partial charge in [0.1, 0.15) is 0 Å². The first kappa shape index (κ1) is 34.7. The highest BCUT2D eigenvalue weighted by Crippen LogP contribution is 2.52. The summed E-state index contributed by atoms with van der Waals surface area (Å²) >= 11 is 0. The Labute approximate surface area is 291 Å². The van der Waals surface area contributed by atoms with E-state index in [0.29, 0.717) is 55.3 Å². The molecule has 4 aromatic rings. The van der Waals surface area contributed by atoms with Crippen molar-refractivity contribution in [3.8, 4) is 22.9 Å². The number of aromatic nitrogens is 1. The standard InChI is InChI=1S/C39H41FN4O6/c1-38(2,49-23-25-9-6-5-7-10-25)24-41-37(47)43-36(46)39(3,4)32-28-11-8-12-30(40)33(28)50-34-29(32)17-18-31(42-34)26-13-15-27(16-14-26)35(45)44-19-21-48-22-20-44/h5-18,32H,19-24H2,1-4H3,(H2,41,43,46,47)/t32-/m0/s1. The number of carbonyl (C=O) groups is 3. The van der Waals surface area contributed by atoms with Crippen molar-refractivity contribution in [2.75, 3.05) is 32.8 Å². The molecule has 3 heterocycles. The van der Waals surface area contributed by atoms with Gasteiger partial charge in [-0.15, -0.1) is 0 Å². The van der Waals surface area contributed by atoms with Gasteiger partial charge in [-0.2, -0.15) is 0 Å². The molecular weight excluding hydrogens is 639 g/mol. The van der Waals surface area contributed by atoms with Gasteiger partial charge in [0.25, 0.3) is 5.91 Å². The van der Waals surface area contributed by atoms with E-state index >= 15 is 4.39 Å². The SMILES string of the molecule is CC(C)(CNC(=O)NC(=O)C(C)(C)[C@@H]1c2ccc(-c3ccc(C(=O)N4CCOCC4)cc3)nc2Oc2c(F)cccc21)OCc1ccccc1. The van der Waals surface area contributed by atoms with E-state index in [-0.39, 0.29) is 24.1 Å². The van der Waals surface area contributed by atoms with Crippen LogP contribution in [0.2, 0.25) is 0 Å². The van der Waals surface area contributed by atoms with Crippen molar-refractivity contribution < 1.29 is 33.0 Å². The first-order chi connectivity index (χ1) is 23.9. The largest absolute Gasteiger partial charge is 0.435 e. The smallest absolute Gasteiger partial charge is 0.321 e. The summed E-state index contributed by atoms with van der Waals surface area (Å²) in [7, 11) is 0. The number of hydrogen-bond donors (Lipinski definition) is 2. The number of para-hydroxylation sites is 1. The highest BCUT2D eigenvalue weighted by Gasteiger charge is 2.45. The van der Waals surface area contributed by atoms with Crippen molar-refractivity contribution in [2.24, 2.45) is 5.41 Å². The van der Waals surface area contributed by atoms with Gasteiger partial charge in [-0.1, -0.05) is 74.5 Å². The van der Waals surface area contributed by atoms with Gasteiger partial charge in [-0.3, -0.25) is 14.9 Å². The van der Waals surface area contributed by atoms with E-state index in [1.165, 1.54) is 6.07 Å². The van der Waals surface area contributed by atoms with Crippen LogP contribution in [0, 0.1) is 11.2 Å². The number of fused-ring (bicyclic) bond motifs is 2. The van der Waals surface area contributed by atoms with Crippen LogP contribution in [0.15, 0.2) is 84.9 Å². The van der Waals surface area contributed by atoms with E-state index in [2.05, 4.69) is 10.6 Å². The summed E-state index contributed by atoms with van der Waals surface area (Å²) in [6, 6.07) is 24.3. The van der Waals surface area contributed by atoms with Crippen LogP contribution in [0.5, 0.6) is 11.6 Å². The summed E-state index contributed by atoms with van der Waals surface area (Å²) < 4.78 is 32.6. The molecule has 0 unspecified atom stereocenters. The fraction of sp³-hybridized carbons (Fsp3) is 0.333. The lowest BCUT2D eigenvalue weighted by atomic mass is 9.69. The number of urea groups is 1. The van der Waals surface area contributed by atoms with E-state index in [9.17, 15) is 14.4 Å². The lowest BCUT2D eigenvalue weighted by Gasteiger charge is -2.37. The zero-order valence-corrected chi connectivity index (χ0v) is 28.6. The lowest BCUT2D eigenvalue weighted by Crippen LogP contribution is -2.50. The Bertz CT molecular complexity index is 1870. The molecule has 0 saturated carbocycles. The quantitative estimate of drug-likeness (QED) is 0.209. The second kappa shape index (κ2) is 14.4. The molecule has 1 fully saturated rings. The minimum absolute atomic E-state index is 0.0243. The Morgan fingerprint density at radius 1 is 0.900 bits per heavy atom. The molecule has 260 valence electrons. The van der Waals surface area contributed by atoms with E-state index in [1.807, 2.05) is 50.2 Å². The average Bonchev–Trinajstić information content (AvgIpc) is 3.13. The molecule has 10 nitrogen and oxygen atoms in total. The monoisotopic (exact) mass is 680 g/mol. The number of pyridine rings is 1. The van der Waals surface area contributed by atoms with Gasteiger partial charge in [-0.05, 0) is 43.7 Å². The number of carbonyl (C=O) groups excluding carboxylic acids is 3. The van der Waals surface area contributed by atoms with E-state index in [4.69, 9.17) is 19.2 Å². The number of imide groups is 1. The number of halogens is 1. The molecule has 6 rings (SSSR count). The number of ether oxygens (including phenoxy) is 3. The molecule has 3 aromatic carbocycles.